The van der Waals surface area contributed by atoms with Crippen LogP contribution in [0.5, 0.6) is 0 Å². The predicted octanol–water partition coefficient (Wildman–Crippen LogP) is 1.67. The van der Waals surface area contributed by atoms with Crippen molar-refractivity contribution in [2.75, 3.05) is 0 Å². The van der Waals surface area contributed by atoms with Crippen LogP contribution in [-0.4, -0.2) is 16.5 Å². The molecule has 0 spiro atoms. The maximum atomic E-state index is 11.8. The van der Waals surface area contributed by atoms with Crippen molar-refractivity contribution < 1.29 is 4.79 Å². The summed E-state index contributed by atoms with van der Waals surface area (Å²) in [6.45, 7) is 8.45. The number of hydrogen-bond donors (Lipinski definition) is 2. The summed E-state index contributed by atoms with van der Waals surface area (Å²) in [5.41, 5.74) is 6.82. The number of nitrogens with two attached hydrogens (primary N) is 1. The third-order valence-corrected chi connectivity index (χ3v) is 3.03. The van der Waals surface area contributed by atoms with Gasteiger partial charge in [-0.3, -0.25) is 4.79 Å². The van der Waals surface area contributed by atoms with E-state index in [1.807, 2.05) is 36.7 Å². The summed E-state index contributed by atoms with van der Waals surface area (Å²) in [6.07, 6.45) is 1.89. The molecular formula is C13H23N3O. The maximum Gasteiger partial charge on any atom is 0.240 e. The number of carbonyl (C=O) groups is 1. The quantitative estimate of drug-likeness (QED) is 0.818. The molecule has 3 N–H and O–H groups in total. The summed E-state index contributed by atoms with van der Waals surface area (Å²) in [5.74, 6) is 0.473. The summed E-state index contributed by atoms with van der Waals surface area (Å²) in [6, 6.07) is 4.00. The van der Waals surface area contributed by atoms with Crippen molar-refractivity contribution in [1.29, 1.82) is 0 Å². The molecule has 17 heavy (non-hydrogen) atoms. The van der Waals surface area contributed by atoms with Gasteiger partial charge in [-0.15, -0.1) is 0 Å². The molecule has 1 rings (SSSR count). The van der Waals surface area contributed by atoms with Crippen LogP contribution >= 0.6 is 0 Å². The third-order valence-electron chi connectivity index (χ3n) is 3.03. The Morgan fingerprint density at radius 2 is 2.06 bits per heavy atom. The summed E-state index contributed by atoms with van der Waals surface area (Å²) < 4.78 is 1.90. The van der Waals surface area contributed by atoms with Crippen LogP contribution in [0.2, 0.25) is 0 Å². The predicted molar refractivity (Wildman–Crippen MR) is 69.5 cm³/mol. The van der Waals surface area contributed by atoms with Gasteiger partial charge in [-0.25, -0.2) is 0 Å². The SMILES string of the molecule is CC(N)c1cccn1CC(=O)NC(C)C(C)C. The molecule has 1 amide bonds. The molecule has 0 aliphatic carbocycles. The van der Waals surface area contributed by atoms with Crippen LogP contribution in [0.15, 0.2) is 18.3 Å². The Balaban J connectivity index is 2.59. The number of amides is 1. The minimum Gasteiger partial charge on any atom is -0.352 e. The van der Waals surface area contributed by atoms with Crippen molar-refractivity contribution in [3.8, 4) is 0 Å². The molecule has 0 saturated carbocycles. The van der Waals surface area contributed by atoms with Gasteiger partial charge >= 0.3 is 0 Å². The van der Waals surface area contributed by atoms with E-state index < -0.39 is 0 Å². The number of hydrogen-bond acceptors (Lipinski definition) is 2. The monoisotopic (exact) mass is 237 g/mol. The van der Waals surface area contributed by atoms with Gasteiger partial charge in [-0.05, 0) is 31.9 Å². The van der Waals surface area contributed by atoms with E-state index in [4.69, 9.17) is 5.73 Å². The van der Waals surface area contributed by atoms with Crippen molar-refractivity contribution in [2.24, 2.45) is 11.7 Å². The Hall–Kier alpha value is -1.29. The second-order valence-corrected chi connectivity index (χ2v) is 4.95. The van der Waals surface area contributed by atoms with Crippen molar-refractivity contribution in [1.82, 2.24) is 9.88 Å². The van der Waals surface area contributed by atoms with Crippen LogP contribution in [0.4, 0.5) is 0 Å². The van der Waals surface area contributed by atoms with Gasteiger partial charge in [-0.1, -0.05) is 13.8 Å². The standard InChI is InChI=1S/C13H23N3O/c1-9(2)11(4)15-13(17)8-16-7-5-6-12(16)10(3)14/h5-7,9-11H,8,14H2,1-4H3,(H,15,17). The lowest BCUT2D eigenvalue weighted by Crippen LogP contribution is -2.38. The van der Waals surface area contributed by atoms with Gasteiger partial charge in [0.15, 0.2) is 0 Å². The zero-order valence-electron chi connectivity index (χ0n) is 11.1. The Labute approximate surface area is 103 Å². The maximum absolute atomic E-state index is 11.8. The number of nitrogens with one attached hydrogen (secondary N) is 1. The second kappa shape index (κ2) is 5.87. The number of aromatic nitrogens is 1. The van der Waals surface area contributed by atoms with E-state index in [1.165, 1.54) is 0 Å². The van der Waals surface area contributed by atoms with Crippen LogP contribution in [0.1, 0.15) is 39.4 Å². The average Bonchev–Trinajstić information content (AvgIpc) is 2.65. The fourth-order valence-corrected chi connectivity index (χ4v) is 1.61. The Morgan fingerprint density at radius 1 is 1.41 bits per heavy atom. The van der Waals surface area contributed by atoms with Crippen LogP contribution < -0.4 is 11.1 Å². The van der Waals surface area contributed by atoms with Crippen molar-refractivity contribution in [3.05, 3.63) is 24.0 Å². The first-order chi connectivity index (χ1) is 7.91. The van der Waals surface area contributed by atoms with Crippen LogP contribution in [0, 0.1) is 5.92 Å². The Morgan fingerprint density at radius 3 is 2.59 bits per heavy atom. The Kier molecular flexibility index (Phi) is 4.75. The normalized spacial score (nSPS) is 14.7. The highest BCUT2D eigenvalue weighted by molar-refractivity contribution is 5.76. The van der Waals surface area contributed by atoms with Crippen molar-refractivity contribution >= 4 is 5.91 Å². The first-order valence-electron chi connectivity index (χ1n) is 6.11. The lowest BCUT2D eigenvalue weighted by atomic mass is 10.1. The van der Waals surface area contributed by atoms with Gasteiger partial charge in [0, 0.05) is 24.0 Å². The van der Waals surface area contributed by atoms with Crippen LogP contribution in [-0.2, 0) is 11.3 Å². The van der Waals surface area contributed by atoms with E-state index in [-0.39, 0.29) is 18.0 Å². The summed E-state index contributed by atoms with van der Waals surface area (Å²) in [4.78, 5) is 11.8. The molecule has 0 aliphatic rings. The fraction of sp³-hybridized carbons (Fsp3) is 0.615. The van der Waals surface area contributed by atoms with Crippen molar-refractivity contribution in [3.63, 3.8) is 0 Å². The largest absolute Gasteiger partial charge is 0.352 e. The minimum absolute atomic E-state index is 0.0318. The second-order valence-electron chi connectivity index (χ2n) is 4.95. The molecule has 1 aromatic rings. The molecule has 4 heteroatoms. The fourth-order valence-electron chi connectivity index (χ4n) is 1.61. The molecular weight excluding hydrogens is 214 g/mol. The molecule has 0 aromatic carbocycles. The van der Waals surface area contributed by atoms with Crippen molar-refractivity contribution in [2.45, 2.75) is 46.3 Å². The molecule has 1 heterocycles. The smallest absolute Gasteiger partial charge is 0.240 e. The van der Waals surface area contributed by atoms with Gasteiger partial charge < -0.3 is 15.6 Å². The minimum atomic E-state index is -0.0553. The molecule has 2 unspecified atom stereocenters. The van der Waals surface area contributed by atoms with Gasteiger partial charge in [-0.2, -0.15) is 0 Å². The topological polar surface area (TPSA) is 60.0 Å². The summed E-state index contributed by atoms with van der Waals surface area (Å²) in [5, 5.41) is 2.98. The molecule has 0 aliphatic heterocycles. The first-order valence-corrected chi connectivity index (χ1v) is 6.11. The van der Waals surface area contributed by atoms with E-state index in [1.54, 1.807) is 0 Å². The number of rotatable bonds is 5. The van der Waals surface area contributed by atoms with Crippen LogP contribution in [0.3, 0.4) is 0 Å². The number of nitrogens with zero attached hydrogens (tertiary/aromatic N) is 1. The highest BCUT2D eigenvalue weighted by Gasteiger charge is 2.13. The lowest BCUT2D eigenvalue weighted by Gasteiger charge is -2.18. The molecule has 2 atom stereocenters. The van der Waals surface area contributed by atoms with Gasteiger partial charge in [0.05, 0.1) is 0 Å². The highest BCUT2D eigenvalue weighted by atomic mass is 16.2. The van der Waals surface area contributed by atoms with E-state index in [9.17, 15) is 4.79 Å². The average molecular weight is 237 g/mol. The lowest BCUT2D eigenvalue weighted by molar-refractivity contribution is -0.122. The molecule has 0 fully saturated rings. The van der Waals surface area contributed by atoms with E-state index >= 15 is 0 Å². The Bertz CT molecular complexity index is 368. The molecule has 0 radical (unpaired) electrons. The zero-order valence-corrected chi connectivity index (χ0v) is 11.1. The van der Waals surface area contributed by atoms with Gasteiger partial charge in [0.25, 0.3) is 0 Å². The van der Waals surface area contributed by atoms with Crippen LogP contribution in [0.25, 0.3) is 0 Å². The molecule has 4 nitrogen and oxygen atoms in total. The third kappa shape index (κ3) is 3.89. The number of carbonyl (C=O) groups excluding carboxylic acids is 1. The molecule has 0 saturated heterocycles. The van der Waals surface area contributed by atoms with Gasteiger partial charge in [0.2, 0.25) is 5.91 Å². The summed E-state index contributed by atoms with van der Waals surface area (Å²) in [7, 11) is 0. The van der Waals surface area contributed by atoms with E-state index in [2.05, 4.69) is 19.2 Å². The molecule has 0 bridgehead atoms. The molecule has 1 aromatic heterocycles. The molecule has 96 valence electrons. The first kappa shape index (κ1) is 13.8. The summed E-state index contributed by atoms with van der Waals surface area (Å²) >= 11 is 0. The van der Waals surface area contributed by atoms with E-state index in [0.29, 0.717) is 12.5 Å². The highest BCUT2D eigenvalue weighted by Crippen LogP contribution is 2.10. The van der Waals surface area contributed by atoms with E-state index in [0.717, 1.165) is 5.69 Å². The zero-order chi connectivity index (χ0) is 13.0. The van der Waals surface area contributed by atoms with Gasteiger partial charge in [0.1, 0.15) is 6.54 Å².